The first-order chi connectivity index (χ1) is 15.8. The van der Waals surface area contributed by atoms with Crippen LogP contribution in [0.2, 0.25) is 0 Å². The standard InChI is InChI=1S/C27H27ClO4/c28-24-19-30-25(20-29-16-21-10-4-1-5-11-21)27(32-18-23-14-8-3-9-15-23)26(24)31-17-22-12-6-2-7-13-22/h1-15,19,25-27H,16-18,20H2/t25-,26-,27-/m1/s1. The fourth-order valence-electron chi connectivity index (χ4n) is 3.55. The second kappa shape index (κ2) is 11.8. The molecule has 1 aliphatic heterocycles. The highest BCUT2D eigenvalue weighted by molar-refractivity contribution is 6.30. The van der Waals surface area contributed by atoms with Crippen molar-refractivity contribution in [2.75, 3.05) is 6.61 Å². The Morgan fingerprint density at radius 3 is 1.72 bits per heavy atom. The minimum Gasteiger partial charge on any atom is -0.491 e. The van der Waals surface area contributed by atoms with Crippen molar-refractivity contribution >= 4 is 11.6 Å². The molecule has 166 valence electrons. The smallest absolute Gasteiger partial charge is 0.150 e. The molecular weight excluding hydrogens is 424 g/mol. The van der Waals surface area contributed by atoms with E-state index in [1.807, 2.05) is 91.0 Å². The molecule has 0 saturated heterocycles. The normalized spacial score (nSPS) is 20.4. The molecule has 0 aliphatic carbocycles. The maximum atomic E-state index is 6.51. The molecule has 0 spiro atoms. The number of rotatable bonds is 10. The topological polar surface area (TPSA) is 36.9 Å². The van der Waals surface area contributed by atoms with Gasteiger partial charge in [-0.05, 0) is 16.7 Å². The van der Waals surface area contributed by atoms with Crippen LogP contribution in [0.5, 0.6) is 0 Å². The first kappa shape index (κ1) is 22.6. The largest absolute Gasteiger partial charge is 0.491 e. The summed E-state index contributed by atoms with van der Waals surface area (Å²) in [7, 11) is 0. The van der Waals surface area contributed by atoms with Crippen LogP contribution < -0.4 is 0 Å². The molecule has 0 aromatic heterocycles. The van der Waals surface area contributed by atoms with Gasteiger partial charge in [-0.2, -0.15) is 0 Å². The molecule has 0 unspecified atom stereocenters. The molecular formula is C27H27ClO4. The van der Waals surface area contributed by atoms with Gasteiger partial charge in [0.1, 0.15) is 18.5 Å². The van der Waals surface area contributed by atoms with Crippen LogP contribution in [-0.2, 0) is 38.8 Å². The zero-order chi connectivity index (χ0) is 22.0. The Kier molecular flexibility index (Phi) is 8.35. The lowest BCUT2D eigenvalue weighted by atomic mass is 10.1. The Balaban J connectivity index is 1.44. The first-order valence-electron chi connectivity index (χ1n) is 10.7. The monoisotopic (exact) mass is 450 g/mol. The molecule has 0 N–H and O–H groups in total. The Morgan fingerprint density at radius 1 is 0.656 bits per heavy atom. The number of ether oxygens (including phenoxy) is 4. The molecule has 3 atom stereocenters. The third kappa shape index (κ3) is 6.44. The molecule has 3 aromatic rings. The summed E-state index contributed by atoms with van der Waals surface area (Å²) in [4.78, 5) is 0. The van der Waals surface area contributed by atoms with E-state index in [9.17, 15) is 0 Å². The van der Waals surface area contributed by atoms with E-state index in [-0.39, 0.29) is 6.10 Å². The maximum absolute atomic E-state index is 6.51. The highest BCUT2D eigenvalue weighted by Gasteiger charge is 2.38. The van der Waals surface area contributed by atoms with Crippen LogP contribution in [0.4, 0.5) is 0 Å². The van der Waals surface area contributed by atoms with Gasteiger partial charge in [0.25, 0.3) is 0 Å². The number of hydrogen-bond donors (Lipinski definition) is 0. The van der Waals surface area contributed by atoms with E-state index in [0.717, 1.165) is 16.7 Å². The van der Waals surface area contributed by atoms with Crippen molar-refractivity contribution in [3.63, 3.8) is 0 Å². The molecule has 3 aromatic carbocycles. The summed E-state index contributed by atoms with van der Waals surface area (Å²) in [6, 6.07) is 30.1. The third-order valence-corrected chi connectivity index (χ3v) is 5.55. The van der Waals surface area contributed by atoms with Crippen molar-refractivity contribution in [1.82, 2.24) is 0 Å². The van der Waals surface area contributed by atoms with Gasteiger partial charge in [0.15, 0.2) is 6.10 Å². The van der Waals surface area contributed by atoms with Crippen LogP contribution in [0.3, 0.4) is 0 Å². The van der Waals surface area contributed by atoms with Crippen LogP contribution in [0.15, 0.2) is 102 Å². The van der Waals surface area contributed by atoms with Gasteiger partial charge in [-0.3, -0.25) is 0 Å². The summed E-state index contributed by atoms with van der Waals surface area (Å²) in [5.41, 5.74) is 3.25. The van der Waals surface area contributed by atoms with E-state index < -0.39 is 12.2 Å². The van der Waals surface area contributed by atoms with E-state index in [1.165, 1.54) is 0 Å². The summed E-state index contributed by atoms with van der Waals surface area (Å²) in [5, 5.41) is 0.485. The molecule has 32 heavy (non-hydrogen) atoms. The lowest BCUT2D eigenvalue weighted by molar-refractivity contribution is -0.149. The minimum absolute atomic E-state index is 0.342. The van der Waals surface area contributed by atoms with Gasteiger partial charge in [-0.1, -0.05) is 103 Å². The van der Waals surface area contributed by atoms with Crippen LogP contribution in [0, 0.1) is 0 Å². The molecule has 0 fully saturated rings. The summed E-state index contributed by atoms with van der Waals surface area (Å²) in [6.45, 7) is 1.72. The van der Waals surface area contributed by atoms with Gasteiger partial charge in [0.05, 0.1) is 31.5 Å². The fraction of sp³-hybridized carbons (Fsp3) is 0.259. The van der Waals surface area contributed by atoms with Gasteiger partial charge in [0, 0.05) is 0 Å². The van der Waals surface area contributed by atoms with Crippen molar-refractivity contribution in [2.24, 2.45) is 0 Å². The Labute approximate surface area is 194 Å². The predicted octanol–water partition coefficient (Wildman–Crippen LogP) is 5.85. The number of hydrogen-bond acceptors (Lipinski definition) is 4. The molecule has 1 heterocycles. The lowest BCUT2D eigenvalue weighted by Gasteiger charge is -2.36. The summed E-state index contributed by atoms with van der Waals surface area (Å²) < 4.78 is 24.4. The zero-order valence-electron chi connectivity index (χ0n) is 17.8. The fourth-order valence-corrected chi connectivity index (χ4v) is 3.78. The van der Waals surface area contributed by atoms with Crippen molar-refractivity contribution < 1.29 is 18.9 Å². The van der Waals surface area contributed by atoms with Gasteiger partial charge in [0.2, 0.25) is 0 Å². The van der Waals surface area contributed by atoms with E-state index in [0.29, 0.717) is 31.5 Å². The average molecular weight is 451 g/mol. The number of benzene rings is 3. The first-order valence-corrected chi connectivity index (χ1v) is 11.1. The predicted molar refractivity (Wildman–Crippen MR) is 125 cm³/mol. The summed E-state index contributed by atoms with van der Waals surface area (Å²) in [5.74, 6) is 0. The van der Waals surface area contributed by atoms with Gasteiger partial charge >= 0.3 is 0 Å². The molecule has 0 saturated carbocycles. The Bertz CT molecular complexity index is 963. The maximum Gasteiger partial charge on any atom is 0.150 e. The average Bonchev–Trinajstić information content (AvgIpc) is 2.85. The minimum atomic E-state index is -0.445. The highest BCUT2D eigenvalue weighted by Crippen LogP contribution is 2.29. The summed E-state index contributed by atoms with van der Waals surface area (Å²) >= 11 is 6.51. The Morgan fingerprint density at radius 2 is 1.16 bits per heavy atom. The van der Waals surface area contributed by atoms with Gasteiger partial charge < -0.3 is 18.9 Å². The third-order valence-electron chi connectivity index (χ3n) is 5.24. The van der Waals surface area contributed by atoms with Crippen LogP contribution >= 0.6 is 11.6 Å². The number of halogens is 1. The second-order valence-electron chi connectivity index (χ2n) is 7.66. The van der Waals surface area contributed by atoms with E-state index in [2.05, 4.69) is 0 Å². The molecule has 0 bridgehead atoms. The molecule has 1 aliphatic rings. The van der Waals surface area contributed by atoms with Crippen LogP contribution in [0.1, 0.15) is 16.7 Å². The van der Waals surface area contributed by atoms with Gasteiger partial charge in [-0.25, -0.2) is 0 Å². The Hall–Kier alpha value is -2.63. The van der Waals surface area contributed by atoms with E-state index in [1.54, 1.807) is 6.26 Å². The van der Waals surface area contributed by atoms with Crippen LogP contribution in [0.25, 0.3) is 0 Å². The zero-order valence-corrected chi connectivity index (χ0v) is 18.6. The lowest BCUT2D eigenvalue weighted by Crippen LogP contribution is -2.47. The van der Waals surface area contributed by atoms with Crippen molar-refractivity contribution in [3.05, 3.63) is 119 Å². The molecule has 4 nitrogen and oxygen atoms in total. The molecule has 5 heteroatoms. The van der Waals surface area contributed by atoms with E-state index >= 15 is 0 Å². The molecule has 4 rings (SSSR count). The quantitative estimate of drug-likeness (QED) is 0.388. The van der Waals surface area contributed by atoms with Crippen molar-refractivity contribution in [3.8, 4) is 0 Å². The summed E-state index contributed by atoms with van der Waals surface area (Å²) in [6.07, 6.45) is 0.355. The molecule has 0 amide bonds. The molecule has 0 radical (unpaired) electrons. The highest BCUT2D eigenvalue weighted by atomic mass is 35.5. The van der Waals surface area contributed by atoms with Crippen LogP contribution in [-0.4, -0.2) is 24.9 Å². The van der Waals surface area contributed by atoms with E-state index in [4.69, 9.17) is 30.5 Å². The van der Waals surface area contributed by atoms with Crippen molar-refractivity contribution in [1.29, 1.82) is 0 Å². The van der Waals surface area contributed by atoms with Gasteiger partial charge in [-0.15, -0.1) is 0 Å². The SMILES string of the molecule is ClC1=CO[C@H](COCc2ccccc2)[C@@H](OCc2ccccc2)[C@@H]1OCc1ccccc1. The van der Waals surface area contributed by atoms with Crippen molar-refractivity contribution in [2.45, 2.75) is 38.1 Å². The second-order valence-corrected chi connectivity index (χ2v) is 8.09.